The molecule has 1 aromatic heterocycles. The number of nitrogens with two attached hydrogens (primary N) is 1. The van der Waals surface area contributed by atoms with Crippen molar-refractivity contribution in [3.63, 3.8) is 0 Å². The van der Waals surface area contributed by atoms with Gasteiger partial charge in [-0.3, -0.25) is 0 Å². The second-order valence-electron chi connectivity index (χ2n) is 5.91. The van der Waals surface area contributed by atoms with Crippen molar-refractivity contribution in [1.29, 1.82) is 0 Å². The molecular weight excluding hydrogens is 284 g/mol. The molecule has 1 heterocycles. The molecule has 3 N–H and O–H groups in total. The molecule has 0 aromatic carbocycles. The Morgan fingerprint density at radius 2 is 1.68 bits per heavy atom. The minimum absolute atomic E-state index is 0.271. The Bertz CT molecular complexity index is 541. The molecule has 22 heavy (non-hydrogen) atoms. The zero-order valence-corrected chi connectivity index (χ0v) is 14.0. The van der Waals surface area contributed by atoms with Crippen molar-refractivity contribution in [1.82, 2.24) is 4.98 Å². The van der Waals surface area contributed by atoms with Gasteiger partial charge in [0.15, 0.2) is 0 Å². The number of carbonyl (C=O) groups is 2. The zero-order chi connectivity index (χ0) is 16.9. The molecule has 0 saturated heterocycles. The van der Waals surface area contributed by atoms with Gasteiger partial charge in [0.1, 0.15) is 5.69 Å². The number of rotatable bonds is 7. The molecule has 0 fully saturated rings. The average Bonchev–Trinajstić information content (AvgIpc) is 2.73. The highest BCUT2D eigenvalue weighted by molar-refractivity contribution is 5.98. The van der Waals surface area contributed by atoms with Crippen LogP contribution in [0.2, 0.25) is 0 Å². The van der Waals surface area contributed by atoms with E-state index in [2.05, 4.69) is 4.98 Å². The second kappa shape index (κ2) is 7.45. The summed E-state index contributed by atoms with van der Waals surface area (Å²) >= 11 is 0. The molecule has 0 amide bonds. The molecule has 1 aromatic rings. The lowest BCUT2D eigenvalue weighted by atomic mass is 9.94. The predicted octanol–water partition coefficient (Wildman–Crippen LogP) is 2.35. The van der Waals surface area contributed by atoms with Gasteiger partial charge in [-0.1, -0.05) is 0 Å². The summed E-state index contributed by atoms with van der Waals surface area (Å²) in [5, 5.41) is 0. The Kier molecular flexibility index (Phi) is 6.17. The van der Waals surface area contributed by atoms with E-state index in [-0.39, 0.29) is 13.2 Å². The molecule has 0 aliphatic rings. The Hall–Kier alpha value is -1.82. The van der Waals surface area contributed by atoms with E-state index in [9.17, 15) is 9.59 Å². The number of hydrogen-bond donors (Lipinski definition) is 2. The van der Waals surface area contributed by atoms with E-state index < -0.39 is 17.5 Å². The van der Waals surface area contributed by atoms with Crippen LogP contribution in [-0.2, 0) is 15.9 Å². The normalized spacial score (nSPS) is 11.4. The van der Waals surface area contributed by atoms with Crippen molar-refractivity contribution in [2.75, 3.05) is 13.2 Å². The van der Waals surface area contributed by atoms with Crippen molar-refractivity contribution < 1.29 is 19.1 Å². The van der Waals surface area contributed by atoms with E-state index in [0.29, 0.717) is 35.4 Å². The van der Waals surface area contributed by atoms with E-state index in [1.54, 1.807) is 20.8 Å². The Morgan fingerprint density at radius 1 is 1.14 bits per heavy atom. The second-order valence-corrected chi connectivity index (χ2v) is 5.91. The van der Waals surface area contributed by atoms with Gasteiger partial charge < -0.3 is 20.2 Å². The number of hydrogen-bond acceptors (Lipinski definition) is 5. The number of aromatic nitrogens is 1. The summed E-state index contributed by atoms with van der Waals surface area (Å²) in [6.45, 7) is 9.58. The van der Waals surface area contributed by atoms with Gasteiger partial charge in [-0.2, -0.15) is 0 Å². The van der Waals surface area contributed by atoms with Gasteiger partial charge >= 0.3 is 11.9 Å². The van der Waals surface area contributed by atoms with Crippen molar-refractivity contribution in [3.05, 3.63) is 22.5 Å². The lowest BCUT2D eigenvalue weighted by Gasteiger charge is -2.18. The molecular formula is C16H26N2O4. The van der Waals surface area contributed by atoms with E-state index in [0.717, 1.165) is 0 Å². The first-order chi connectivity index (χ1) is 10.2. The molecule has 0 unspecified atom stereocenters. The van der Waals surface area contributed by atoms with Crippen LogP contribution in [0.4, 0.5) is 0 Å². The number of esters is 2. The first-order valence-electron chi connectivity index (χ1n) is 7.55. The van der Waals surface area contributed by atoms with Crippen LogP contribution in [0.5, 0.6) is 0 Å². The molecule has 6 heteroatoms. The van der Waals surface area contributed by atoms with E-state index in [1.165, 1.54) is 0 Å². The first-order valence-corrected chi connectivity index (χ1v) is 7.55. The van der Waals surface area contributed by atoms with Crippen LogP contribution >= 0.6 is 0 Å². The molecule has 124 valence electrons. The summed E-state index contributed by atoms with van der Waals surface area (Å²) in [5.41, 5.74) is 7.56. The van der Waals surface area contributed by atoms with Crippen LogP contribution in [0, 0.1) is 6.92 Å². The average molecular weight is 310 g/mol. The van der Waals surface area contributed by atoms with Crippen LogP contribution in [-0.4, -0.2) is 35.7 Å². The van der Waals surface area contributed by atoms with Gasteiger partial charge in [0, 0.05) is 11.2 Å². The molecule has 0 aliphatic heterocycles. The highest BCUT2D eigenvalue weighted by Gasteiger charge is 2.27. The fourth-order valence-corrected chi connectivity index (χ4v) is 2.23. The van der Waals surface area contributed by atoms with Crippen molar-refractivity contribution in [2.24, 2.45) is 5.73 Å². The third-order valence-corrected chi connectivity index (χ3v) is 3.27. The van der Waals surface area contributed by atoms with Gasteiger partial charge in [-0.25, -0.2) is 9.59 Å². The number of carbonyl (C=O) groups excluding carboxylic acids is 2. The highest BCUT2D eigenvalue weighted by atomic mass is 16.5. The number of aromatic amines is 1. The summed E-state index contributed by atoms with van der Waals surface area (Å²) in [4.78, 5) is 27.2. The van der Waals surface area contributed by atoms with Crippen LogP contribution in [0.3, 0.4) is 0 Å². The summed E-state index contributed by atoms with van der Waals surface area (Å²) in [5.74, 6) is -0.900. The molecule has 0 bridgehead atoms. The largest absolute Gasteiger partial charge is 0.462 e. The smallest absolute Gasteiger partial charge is 0.355 e. The zero-order valence-electron chi connectivity index (χ0n) is 14.0. The van der Waals surface area contributed by atoms with Gasteiger partial charge in [0.2, 0.25) is 0 Å². The number of aryl methyl sites for hydroxylation is 1. The van der Waals surface area contributed by atoms with Gasteiger partial charge in [0.05, 0.1) is 18.8 Å². The molecule has 0 spiro atoms. The molecule has 1 rings (SSSR count). The Morgan fingerprint density at radius 3 is 2.18 bits per heavy atom. The SMILES string of the molecule is CCOC(=O)c1[nH]c(C)c(C(=O)OCC)c1CCC(C)(C)N. The summed E-state index contributed by atoms with van der Waals surface area (Å²) in [6, 6.07) is 0. The predicted molar refractivity (Wildman–Crippen MR) is 84.0 cm³/mol. The quantitative estimate of drug-likeness (QED) is 0.754. The molecule has 0 radical (unpaired) electrons. The van der Waals surface area contributed by atoms with Gasteiger partial charge in [-0.15, -0.1) is 0 Å². The maximum atomic E-state index is 12.2. The Balaban J connectivity index is 3.24. The maximum absolute atomic E-state index is 12.2. The number of nitrogens with one attached hydrogen (secondary N) is 1. The fourth-order valence-electron chi connectivity index (χ4n) is 2.23. The molecule has 0 aliphatic carbocycles. The van der Waals surface area contributed by atoms with Crippen LogP contribution in [0.25, 0.3) is 0 Å². The van der Waals surface area contributed by atoms with Crippen LogP contribution in [0.15, 0.2) is 0 Å². The van der Waals surface area contributed by atoms with Crippen molar-refractivity contribution >= 4 is 11.9 Å². The van der Waals surface area contributed by atoms with E-state index in [4.69, 9.17) is 15.2 Å². The third-order valence-electron chi connectivity index (χ3n) is 3.27. The minimum Gasteiger partial charge on any atom is -0.462 e. The lowest BCUT2D eigenvalue weighted by Crippen LogP contribution is -2.32. The third kappa shape index (κ3) is 4.59. The molecule has 0 saturated carbocycles. The summed E-state index contributed by atoms with van der Waals surface area (Å²) in [6.07, 6.45) is 1.12. The van der Waals surface area contributed by atoms with Gasteiger partial charge in [-0.05, 0) is 53.0 Å². The summed E-state index contributed by atoms with van der Waals surface area (Å²) in [7, 11) is 0. The number of ether oxygens (including phenoxy) is 2. The van der Waals surface area contributed by atoms with Crippen molar-refractivity contribution in [2.45, 2.75) is 53.0 Å². The van der Waals surface area contributed by atoms with Gasteiger partial charge in [0.25, 0.3) is 0 Å². The molecule has 6 nitrogen and oxygen atoms in total. The van der Waals surface area contributed by atoms with Crippen LogP contribution < -0.4 is 5.73 Å². The van der Waals surface area contributed by atoms with Crippen LogP contribution in [0.1, 0.15) is 66.2 Å². The van der Waals surface area contributed by atoms with Crippen molar-refractivity contribution in [3.8, 4) is 0 Å². The standard InChI is InChI=1S/C16H26N2O4/c1-6-21-14(19)12-10(3)18-13(15(20)22-7-2)11(12)8-9-16(4,5)17/h18H,6-9,17H2,1-5H3. The highest BCUT2D eigenvalue weighted by Crippen LogP contribution is 2.24. The van der Waals surface area contributed by atoms with E-state index >= 15 is 0 Å². The Labute approximate surface area is 131 Å². The first kappa shape index (κ1) is 18.2. The van der Waals surface area contributed by atoms with E-state index in [1.807, 2.05) is 13.8 Å². The monoisotopic (exact) mass is 310 g/mol. The molecule has 0 atom stereocenters. The summed E-state index contributed by atoms with van der Waals surface area (Å²) < 4.78 is 10.1. The fraction of sp³-hybridized carbons (Fsp3) is 0.625. The lowest BCUT2D eigenvalue weighted by molar-refractivity contribution is 0.0517. The minimum atomic E-state index is -0.467. The maximum Gasteiger partial charge on any atom is 0.355 e. The topological polar surface area (TPSA) is 94.4 Å². The number of H-pyrrole nitrogens is 1.